The van der Waals surface area contributed by atoms with Gasteiger partial charge < -0.3 is 4.74 Å². The second-order valence-electron chi connectivity index (χ2n) is 4.89. The number of nitriles is 1. The van der Waals surface area contributed by atoms with Gasteiger partial charge in [0.25, 0.3) is 0 Å². The highest BCUT2D eigenvalue weighted by Crippen LogP contribution is 2.31. The van der Waals surface area contributed by atoms with Crippen molar-refractivity contribution in [3.8, 4) is 6.07 Å². The molecular weight excluding hydrogens is 338 g/mol. The molecule has 1 heterocycles. The summed E-state index contributed by atoms with van der Waals surface area (Å²) in [7, 11) is 1.56. The Morgan fingerprint density at radius 3 is 2.74 bits per heavy atom. The van der Waals surface area contributed by atoms with E-state index < -0.39 is 17.6 Å². The summed E-state index contributed by atoms with van der Waals surface area (Å²) < 4.78 is 4.94. The predicted octanol–water partition coefficient (Wildman–Crippen LogP) is 2.34. The van der Waals surface area contributed by atoms with Crippen LogP contribution in [0.5, 0.6) is 0 Å². The van der Waals surface area contributed by atoms with Crippen molar-refractivity contribution in [2.75, 3.05) is 13.7 Å². The Hall–Kier alpha value is -1.75. The number of carbonyl (C=O) groups is 2. The molecule has 0 fully saturated rings. The zero-order valence-electron chi connectivity index (χ0n) is 13.3. The fraction of sp³-hybridized carbons (Fsp3) is 0.467. The molecule has 0 spiro atoms. The molecule has 1 unspecified atom stereocenters. The van der Waals surface area contributed by atoms with Gasteiger partial charge in [0.05, 0.1) is 28.3 Å². The van der Waals surface area contributed by atoms with Crippen LogP contribution in [0, 0.1) is 24.2 Å². The normalized spacial score (nSPS) is 15.4. The molecule has 0 saturated heterocycles. The Morgan fingerprint density at radius 2 is 2.35 bits per heavy atom. The number of rotatable bonds is 7. The first-order valence-electron chi connectivity index (χ1n) is 6.88. The summed E-state index contributed by atoms with van der Waals surface area (Å²) in [6.07, 6.45) is 0.598. The van der Waals surface area contributed by atoms with Gasteiger partial charge in [-0.2, -0.15) is 5.26 Å². The molecule has 6 nitrogen and oxygen atoms in total. The lowest BCUT2D eigenvalue weighted by atomic mass is 10.0. The van der Waals surface area contributed by atoms with Gasteiger partial charge in [-0.3, -0.25) is 19.9 Å². The third kappa shape index (κ3) is 4.38. The van der Waals surface area contributed by atoms with Gasteiger partial charge in [-0.1, -0.05) is 11.6 Å². The van der Waals surface area contributed by atoms with E-state index >= 15 is 0 Å². The zero-order chi connectivity index (χ0) is 17.6. The number of nitrogens with one attached hydrogen (secondary N) is 1. The van der Waals surface area contributed by atoms with Gasteiger partial charge in [0.1, 0.15) is 0 Å². The van der Waals surface area contributed by atoms with Crippen LogP contribution in [-0.2, 0) is 14.3 Å². The Kier molecular flexibility index (Phi) is 6.88. The summed E-state index contributed by atoms with van der Waals surface area (Å²) in [5, 5.41) is 14.4. The maximum Gasteiger partial charge on any atom is 0.329 e. The minimum atomic E-state index is -1.28. The average Bonchev–Trinajstić information content (AvgIpc) is 2.86. The molecule has 124 valence electrons. The second kappa shape index (κ2) is 8.20. The van der Waals surface area contributed by atoms with Crippen molar-refractivity contribution in [3.63, 3.8) is 0 Å². The summed E-state index contributed by atoms with van der Waals surface area (Å²) in [4.78, 5) is 28.2. The van der Waals surface area contributed by atoms with Crippen LogP contribution < -0.4 is 5.32 Å². The van der Waals surface area contributed by atoms with Gasteiger partial charge in [-0.25, -0.2) is 0 Å². The van der Waals surface area contributed by atoms with Gasteiger partial charge in [0.15, 0.2) is 17.9 Å². The molecule has 0 aliphatic heterocycles. The van der Waals surface area contributed by atoms with E-state index in [4.69, 9.17) is 16.3 Å². The minimum Gasteiger partial charge on any atom is -0.465 e. The fourth-order valence-electron chi connectivity index (χ4n) is 1.69. The van der Waals surface area contributed by atoms with E-state index in [2.05, 4.69) is 10.3 Å². The number of carbonyl (C=O) groups excluding carboxylic acids is 2. The van der Waals surface area contributed by atoms with Crippen molar-refractivity contribution >= 4 is 40.9 Å². The van der Waals surface area contributed by atoms with E-state index in [-0.39, 0.29) is 12.3 Å². The molecule has 8 heteroatoms. The lowest BCUT2D eigenvalue weighted by molar-refractivity contribution is -0.144. The van der Waals surface area contributed by atoms with E-state index in [1.165, 1.54) is 18.3 Å². The monoisotopic (exact) mass is 355 g/mol. The Balaban J connectivity index is 3.52. The van der Waals surface area contributed by atoms with Crippen LogP contribution in [0.25, 0.3) is 0 Å². The van der Waals surface area contributed by atoms with Crippen LogP contribution >= 0.6 is 22.9 Å². The van der Waals surface area contributed by atoms with E-state index in [1.807, 2.05) is 13.0 Å². The van der Waals surface area contributed by atoms with Crippen molar-refractivity contribution < 1.29 is 14.3 Å². The molecule has 1 aromatic heterocycles. The molecule has 1 aromatic rings. The summed E-state index contributed by atoms with van der Waals surface area (Å²) >= 11 is 7.52. The molecule has 0 aromatic carbocycles. The van der Waals surface area contributed by atoms with Crippen LogP contribution in [-0.4, -0.2) is 37.3 Å². The molecule has 0 aliphatic carbocycles. The molecule has 0 saturated carbocycles. The highest BCUT2D eigenvalue weighted by atomic mass is 35.5. The largest absolute Gasteiger partial charge is 0.465 e. The number of likely N-dealkylation sites (N-methyl/N-ethyl adjacent to an activating group) is 1. The number of nitrogens with zero attached hydrogens (tertiary/aromatic N) is 2. The number of hydrogen-bond acceptors (Lipinski definition) is 7. The quantitative estimate of drug-likeness (QED) is 0.460. The third-order valence-corrected chi connectivity index (χ3v) is 4.86. The average molecular weight is 356 g/mol. The van der Waals surface area contributed by atoms with Gasteiger partial charge in [0.2, 0.25) is 0 Å². The number of halogens is 1. The van der Waals surface area contributed by atoms with Crippen molar-refractivity contribution in [2.45, 2.75) is 26.4 Å². The molecule has 0 bridgehead atoms. The molecule has 23 heavy (non-hydrogen) atoms. The zero-order valence-corrected chi connectivity index (χ0v) is 14.9. The van der Waals surface area contributed by atoms with Crippen LogP contribution in [0.4, 0.5) is 0 Å². The molecule has 2 atom stereocenters. The van der Waals surface area contributed by atoms with Crippen molar-refractivity contribution in [3.05, 3.63) is 20.8 Å². The Morgan fingerprint density at radius 1 is 1.70 bits per heavy atom. The number of ether oxygens (including phenoxy) is 1. The van der Waals surface area contributed by atoms with Crippen LogP contribution in [0.2, 0.25) is 5.02 Å². The smallest absolute Gasteiger partial charge is 0.329 e. The Labute approximate surface area is 144 Å². The number of aldehydes is 1. The predicted molar refractivity (Wildman–Crippen MR) is 89.9 cm³/mol. The Bertz CT molecular complexity index is 665. The first-order chi connectivity index (χ1) is 10.8. The summed E-state index contributed by atoms with van der Waals surface area (Å²) in [5.74, 6) is -1.99. The van der Waals surface area contributed by atoms with Crippen molar-refractivity contribution in [2.24, 2.45) is 10.9 Å². The molecule has 1 N–H and O–H groups in total. The summed E-state index contributed by atoms with van der Waals surface area (Å²) in [6, 6.07) is 1.89. The fourth-order valence-corrected chi connectivity index (χ4v) is 3.00. The van der Waals surface area contributed by atoms with Gasteiger partial charge in [0, 0.05) is 0 Å². The highest BCUT2D eigenvalue weighted by Gasteiger charge is 2.33. The summed E-state index contributed by atoms with van der Waals surface area (Å²) in [5.41, 5.74) is -0.354. The minimum absolute atomic E-state index is 0.123. The van der Waals surface area contributed by atoms with Crippen molar-refractivity contribution in [1.29, 1.82) is 5.26 Å². The molecule has 0 amide bonds. The molecule has 0 radical (unpaired) electrons. The van der Waals surface area contributed by atoms with Gasteiger partial charge in [-0.05, 0) is 38.8 Å². The van der Waals surface area contributed by atoms with E-state index in [9.17, 15) is 14.9 Å². The number of esters is 1. The highest BCUT2D eigenvalue weighted by molar-refractivity contribution is 7.13. The van der Waals surface area contributed by atoms with E-state index in [0.29, 0.717) is 16.2 Å². The molecule has 0 aliphatic rings. The van der Waals surface area contributed by atoms with Crippen LogP contribution in [0.3, 0.4) is 0 Å². The van der Waals surface area contributed by atoms with Crippen molar-refractivity contribution in [1.82, 2.24) is 5.32 Å². The second-order valence-corrected chi connectivity index (χ2v) is 6.15. The van der Waals surface area contributed by atoms with Gasteiger partial charge >= 0.3 is 5.97 Å². The molecule has 1 rings (SSSR count). The lowest BCUT2D eigenvalue weighted by Gasteiger charge is -2.21. The SMILES string of the molecule is CCOC(=O)C(C#N)C(=N[C@](C)(C=O)NC)c1scc(C)c1Cl. The number of hydrogen-bond donors (Lipinski definition) is 1. The number of thiophene rings is 1. The maximum atomic E-state index is 12.1. The number of aliphatic imine (C=N–C) groups is 1. The first kappa shape index (κ1) is 19.3. The van der Waals surface area contributed by atoms with Crippen LogP contribution in [0.1, 0.15) is 24.3 Å². The maximum absolute atomic E-state index is 12.1. The van der Waals surface area contributed by atoms with E-state index in [0.717, 1.165) is 5.56 Å². The van der Waals surface area contributed by atoms with Gasteiger partial charge in [-0.15, -0.1) is 11.3 Å². The summed E-state index contributed by atoms with van der Waals surface area (Å²) in [6.45, 7) is 5.13. The van der Waals surface area contributed by atoms with E-state index in [1.54, 1.807) is 19.4 Å². The first-order valence-corrected chi connectivity index (χ1v) is 8.14. The van der Waals surface area contributed by atoms with Crippen LogP contribution in [0.15, 0.2) is 10.4 Å². The topological polar surface area (TPSA) is 91.6 Å². The third-order valence-electron chi connectivity index (χ3n) is 3.14. The molecular formula is C15H18ClN3O3S. The number of aryl methyl sites for hydroxylation is 1. The lowest BCUT2D eigenvalue weighted by Crippen LogP contribution is -2.41. The standard InChI is InChI=1S/C15H18ClN3O3S/c1-5-22-14(21)10(6-17)12(19-15(3,8-20)18-4)13-11(16)9(2)7-23-13/h7-8,10,18H,5H2,1-4H3/t10?,15-/m1/s1.